The number of carbonyl (C=O) groups excluding carboxylic acids is 1. The Morgan fingerprint density at radius 1 is 1.00 bits per heavy atom. The fraction of sp³-hybridized carbons (Fsp3) is 0.350. The molecule has 0 aromatic heterocycles. The fourth-order valence-electron chi connectivity index (χ4n) is 2.97. The van der Waals surface area contributed by atoms with Crippen molar-refractivity contribution in [3.63, 3.8) is 0 Å². The lowest BCUT2D eigenvalue weighted by atomic mass is 10.1. The summed E-state index contributed by atoms with van der Waals surface area (Å²) in [5.74, 6) is 2.12. The van der Waals surface area contributed by atoms with Gasteiger partial charge in [0.1, 0.15) is 0 Å². The van der Waals surface area contributed by atoms with Crippen LogP contribution in [-0.2, 0) is 10.0 Å². The first-order valence-electron chi connectivity index (χ1n) is 9.20. The number of amides is 1. The van der Waals surface area contributed by atoms with Crippen LogP contribution in [0.5, 0.6) is 0 Å². The van der Waals surface area contributed by atoms with E-state index in [2.05, 4.69) is 5.32 Å². The lowest BCUT2D eigenvalue weighted by Crippen LogP contribution is -2.30. The Hall–Kier alpha value is -1.48. The number of benzene rings is 2. The Kier molecular flexibility index (Phi) is 7.09. The molecule has 1 fully saturated rings. The molecule has 5 nitrogen and oxygen atoms in total. The van der Waals surface area contributed by atoms with Gasteiger partial charge in [-0.1, -0.05) is 26.0 Å². The number of thioether (sulfide) groups is 2. The van der Waals surface area contributed by atoms with E-state index in [1.807, 2.05) is 61.6 Å². The normalized spacial score (nSPS) is 15.1. The average Bonchev–Trinajstić information content (AvgIpc) is 3.24. The molecule has 1 amide bonds. The highest BCUT2D eigenvalue weighted by Gasteiger charge is 2.21. The Labute approximate surface area is 175 Å². The zero-order valence-electron chi connectivity index (χ0n) is 15.9. The lowest BCUT2D eigenvalue weighted by Gasteiger charge is -2.18. The van der Waals surface area contributed by atoms with Gasteiger partial charge in [0, 0.05) is 35.8 Å². The maximum Gasteiger partial charge on any atom is 0.255 e. The second-order valence-corrected chi connectivity index (χ2v) is 10.9. The first kappa shape index (κ1) is 21.2. The number of nitrogens with zero attached hydrogens (tertiary/aromatic N) is 1. The molecular weight excluding hydrogens is 412 g/mol. The van der Waals surface area contributed by atoms with Crippen molar-refractivity contribution in [2.24, 2.45) is 0 Å². The van der Waals surface area contributed by atoms with Crippen molar-refractivity contribution >= 4 is 45.1 Å². The van der Waals surface area contributed by atoms with Gasteiger partial charge >= 0.3 is 0 Å². The van der Waals surface area contributed by atoms with Gasteiger partial charge in [-0.25, -0.2) is 8.42 Å². The van der Waals surface area contributed by atoms with Gasteiger partial charge in [0.15, 0.2) is 0 Å². The second-order valence-electron chi connectivity index (χ2n) is 6.26. The smallest absolute Gasteiger partial charge is 0.255 e. The molecule has 1 aliphatic rings. The first-order valence-corrected chi connectivity index (χ1v) is 12.7. The highest BCUT2D eigenvalue weighted by Crippen LogP contribution is 2.45. The van der Waals surface area contributed by atoms with Crippen molar-refractivity contribution in [1.82, 2.24) is 4.31 Å². The van der Waals surface area contributed by atoms with Crippen LogP contribution in [0.4, 0.5) is 5.69 Å². The molecule has 0 unspecified atom stereocenters. The second kappa shape index (κ2) is 9.35. The average molecular weight is 437 g/mol. The summed E-state index contributed by atoms with van der Waals surface area (Å²) in [6.07, 6.45) is 0. The highest BCUT2D eigenvalue weighted by molar-refractivity contribution is 8.19. The number of hydrogen-bond acceptors (Lipinski definition) is 5. The molecule has 28 heavy (non-hydrogen) atoms. The zero-order chi connectivity index (χ0) is 20.1. The van der Waals surface area contributed by atoms with Gasteiger partial charge in [-0.05, 0) is 42.0 Å². The van der Waals surface area contributed by atoms with Crippen LogP contribution in [0.1, 0.15) is 34.4 Å². The topological polar surface area (TPSA) is 66.5 Å². The van der Waals surface area contributed by atoms with E-state index >= 15 is 0 Å². The molecule has 2 aromatic carbocycles. The number of sulfonamides is 1. The van der Waals surface area contributed by atoms with E-state index in [0.717, 1.165) is 11.5 Å². The Morgan fingerprint density at radius 3 is 2.11 bits per heavy atom. The molecule has 1 aliphatic heterocycles. The zero-order valence-corrected chi connectivity index (χ0v) is 18.4. The minimum absolute atomic E-state index is 0.211. The molecule has 1 N–H and O–H groups in total. The minimum atomic E-state index is -3.49. The van der Waals surface area contributed by atoms with Crippen molar-refractivity contribution in [1.29, 1.82) is 0 Å². The molecule has 0 radical (unpaired) electrons. The molecule has 1 saturated heterocycles. The Bertz CT molecular complexity index is 903. The predicted molar refractivity (Wildman–Crippen MR) is 119 cm³/mol. The maximum atomic E-state index is 12.5. The third kappa shape index (κ3) is 4.74. The molecule has 0 spiro atoms. The van der Waals surface area contributed by atoms with Gasteiger partial charge < -0.3 is 5.32 Å². The molecular formula is C20H24N2O3S3. The summed E-state index contributed by atoms with van der Waals surface area (Å²) in [7, 11) is -3.49. The van der Waals surface area contributed by atoms with Gasteiger partial charge in [0.2, 0.25) is 10.0 Å². The van der Waals surface area contributed by atoms with Gasteiger partial charge in [0.05, 0.1) is 9.48 Å². The van der Waals surface area contributed by atoms with Crippen molar-refractivity contribution in [2.75, 3.05) is 29.9 Å². The van der Waals surface area contributed by atoms with E-state index in [4.69, 9.17) is 0 Å². The summed E-state index contributed by atoms with van der Waals surface area (Å²) in [4.78, 5) is 12.7. The summed E-state index contributed by atoms with van der Waals surface area (Å²) in [6, 6.07) is 14.0. The van der Waals surface area contributed by atoms with Crippen LogP contribution in [0.15, 0.2) is 53.4 Å². The standard InChI is InChI=1S/C20H24N2O3S3/c1-3-22(4-2)28(24,25)18-11-9-17(10-12-18)21-19(23)15-5-7-16(8-6-15)20-26-13-14-27-20/h5-12,20H,3-4,13-14H2,1-2H3,(H,21,23). The predicted octanol–water partition coefficient (Wildman–Crippen LogP) is 4.45. The van der Waals surface area contributed by atoms with Crippen LogP contribution in [-0.4, -0.2) is 43.2 Å². The van der Waals surface area contributed by atoms with Crippen LogP contribution in [0, 0.1) is 0 Å². The molecule has 150 valence electrons. The SMILES string of the molecule is CCN(CC)S(=O)(=O)c1ccc(NC(=O)c2ccc(C3SCCS3)cc2)cc1. The molecule has 8 heteroatoms. The van der Waals surface area contributed by atoms with Crippen molar-refractivity contribution in [3.05, 3.63) is 59.7 Å². The van der Waals surface area contributed by atoms with E-state index in [0.29, 0.717) is 28.9 Å². The molecule has 3 rings (SSSR count). The number of hydrogen-bond donors (Lipinski definition) is 1. The van der Waals surface area contributed by atoms with E-state index < -0.39 is 10.0 Å². The van der Waals surface area contributed by atoms with Crippen molar-refractivity contribution < 1.29 is 13.2 Å². The summed E-state index contributed by atoms with van der Waals surface area (Å²) >= 11 is 3.86. The van der Waals surface area contributed by atoms with E-state index in [9.17, 15) is 13.2 Å². The molecule has 2 aromatic rings. The summed E-state index contributed by atoms with van der Waals surface area (Å²) < 4.78 is 26.9. The van der Waals surface area contributed by atoms with Gasteiger partial charge in [0.25, 0.3) is 5.91 Å². The summed E-state index contributed by atoms with van der Waals surface area (Å²) in [5.41, 5.74) is 2.38. The third-order valence-corrected chi connectivity index (χ3v) is 9.69. The minimum Gasteiger partial charge on any atom is -0.322 e. The van der Waals surface area contributed by atoms with E-state index in [-0.39, 0.29) is 10.8 Å². The number of anilines is 1. The summed E-state index contributed by atoms with van der Waals surface area (Å²) in [6.45, 7) is 4.46. The number of carbonyl (C=O) groups is 1. The van der Waals surface area contributed by atoms with Crippen LogP contribution in [0.3, 0.4) is 0 Å². The van der Waals surface area contributed by atoms with E-state index in [1.54, 1.807) is 12.1 Å². The fourth-order valence-corrected chi connectivity index (χ4v) is 7.29. The van der Waals surface area contributed by atoms with Crippen molar-refractivity contribution in [2.45, 2.75) is 23.3 Å². The van der Waals surface area contributed by atoms with Crippen molar-refractivity contribution in [3.8, 4) is 0 Å². The molecule has 0 atom stereocenters. The lowest BCUT2D eigenvalue weighted by molar-refractivity contribution is 0.102. The van der Waals surface area contributed by atoms with Gasteiger partial charge in [-0.3, -0.25) is 4.79 Å². The quantitative estimate of drug-likeness (QED) is 0.695. The van der Waals surface area contributed by atoms with Gasteiger partial charge in [-0.2, -0.15) is 4.31 Å². The first-order chi connectivity index (χ1) is 13.5. The number of rotatable bonds is 7. The van der Waals surface area contributed by atoms with E-state index in [1.165, 1.54) is 22.0 Å². The Balaban J connectivity index is 1.67. The van der Waals surface area contributed by atoms with Gasteiger partial charge in [-0.15, -0.1) is 23.5 Å². The summed E-state index contributed by atoms with van der Waals surface area (Å²) in [5, 5.41) is 2.83. The molecule has 0 saturated carbocycles. The third-order valence-electron chi connectivity index (χ3n) is 4.52. The largest absolute Gasteiger partial charge is 0.322 e. The molecule has 1 heterocycles. The van der Waals surface area contributed by atoms with Crippen LogP contribution in [0.25, 0.3) is 0 Å². The van der Waals surface area contributed by atoms with Crippen LogP contribution in [0.2, 0.25) is 0 Å². The highest BCUT2D eigenvalue weighted by atomic mass is 32.2. The number of nitrogens with one attached hydrogen (secondary N) is 1. The van der Waals surface area contributed by atoms with Crippen LogP contribution < -0.4 is 5.32 Å². The Morgan fingerprint density at radius 2 is 1.57 bits per heavy atom. The molecule has 0 bridgehead atoms. The molecule has 0 aliphatic carbocycles. The van der Waals surface area contributed by atoms with Crippen LogP contribution >= 0.6 is 23.5 Å². The maximum absolute atomic E-state index is 12.5. The monoisotopic (exact) mass is 436 g/mol.